The molecule has 0 aromatic heterocycles. The van der Waals surface area contributed by atoms with Gasteiger partial charge in [0, 0.05) is 13.2 Å². The molecule has 0 bridgehead atoms. The molecule has 1 aliphatic heterocycles. The van der Waals surface area contributed by atoms with E-state index < -0.39 is 17.6 Å². The second-order valence-electron chi connectivity index (χ2n) is 3.70. The normalized spacial score (nSPS) is 25.5. The predicted octanol–water partition coefficient (Wildman–Crippen LogP) is 0.356. The van der Waals surface area contributed by atoms with Gasteiger partial charge in [-0.2, -0.15) is 0 Å². The third kappa shape index (κ3) is 2.04. The van der Waals surface area contributed by atoms with Gasteiger partial charge in [-0.1, -0.05) is 0 Å². The van der Waals surface area contributed by atoms with Gasteiger partial charge in [-0.25, -0.2) is 9.59 Å². The second kappa shape index (κ2) is 4.48. The molecule has 1 aliphatic rings. The highest BCUT2D eigenvalue weighted by Gasteiger charge is 2.49. The summed E-state index contributed by atoms with van der Waals surface area (Å²) < 4.78 is 0. The van der Waals surface area contributed by atoms with Crippen LogP contribution in [-0.2, 0) is 4.79 Å². The van der Waals surface area contributed by atoms with Crippen LogP contribution in [0.25, 0.3) is 0 Å². The first-order valence-electron chi connectivity index (χ1n) is 4.89. The van der Waals surface area contributed by atoms with E-state index in [2.05, 4.69) is 0 Å². The molecule has 1 atom stereocenters. The standard InChI is InChI=1S/C9H15NO5/c11-6-2-4-9(7(12)13)3-1-5-10(9)8(14)15/h11H,1-6H2,(H,12,13)(H,14,15)/t9-/m1/s1. The molecular weight excluding hydrogens is 202 g/mol. The highest BCUT2D eigenvalue weighted by Crippen LogP contribution is 2.33. The number of aliphatic hydroxyl groups excluding tert-OH is 1. The summed E-state index contributed by atoms with van der Waals surface area (Å²) >= 11 is 0. The minimum absolute atomic E-state index is 0.123. The van der Waals surface area contributed by atoms with Crippen molar-refractivity contribution in [3.8, 4) is 0 Å². The van der Waals surface area contributed by atoms with Crippen molar-refractivity contribution in [1.29, 1.82) is 0 Å². The van der Waals surface area contributed by atoms with Crippen molar-refractivity contribution < 1.29 is 24.9 Å². The molecule has 0 radical (unpaired) electrons. The number of carboxylic acid groups (broad SMARTS) is 2. The third-order valence-electron chi connectivity index (χ3n) is 2.87. The van der Waals surface area contributed by atoms with E-state index in [1.165, 1.54) is 0 Å². The Morgan fingerprint density at radius 3 is 2.47 bits per heavy atom. The van der Waals surface area contributed by atoms with Gasteiger partial charge in [0.05, 0.1) is 0 Å². The van der Waals surface area contributed by atoms with E-state index in [0.717, 1.165) is 4.90 Å². The van der Waals surface area contributed by atoms with Crippen molar-refractivity contribution in [2.24, 2.45) is 0 Å². The zero-order chi connectivity index (χ0) is 11.5. The van der Waals surface area contributed by atoms with E-state index in [-0.39, 0.29) is 19.6 Å². The van der Waals surface area contributed by atoms with Crippen LogP contribution in [0.5, 0.6) is 0 Å². The Hall–Kier alpha value is -1.30. The van der Waals surface area contributed by atoms with Crippen LogP contribution in [0.2, 0.25) is 0 Å². The van der Waals surface area contributed by atoms with Crippen molar-refractivity contribution in [2.45, 2.75) is 31.2 Å². The van der Waals surface area contributed by atoms with Gasteiger partial charge in [0.1, 0.15) is 5.54 Å². The first-order valence-corrected chi connectivity index (χ1v) is 4.89. The summed E-state index contributed by atoms with van der Waals surface area (Å²) in [6, 6.07) is 0. The van der Waals surface area contributed by atoms with E-state index in [9.17, 15) is 9.59 Å². The summed E-state index contributed by atoms with van der Waals surface area (Å²) in [7, 11) is 0. The topological polar surface area (TPSA) is 98.1 Å². The average Bonchev–Trinajstić information content (AvgIpc) is 2.59. The molecule has 1 amide bonds. The van der Waals surface area contributed by atoms with E-state index in [4.69, 9.17) is 15.3 Å². The maximum absolute atomic E-state index is 11.2. The fourth-order valence-electron chi connectivity index (χ4n) is 2.12. The summed E-state index contributed by atoms with van der Waals surface area (Å²) in [5.74, 6) is -1.11. The summed E-state index contributed by atoms with van der Waals surface area (Å²) in [6.07, 6.45) is 0.160. The number of amides is 1. The lowest BCUT2D eigenvalue weighted by atomic mass is 9.91. The molecule has 1 saturated heterocycles. The Labute approximate surface area is 87.1 Å². The lowest BCUT2D eigenvalue weighted by Crippen LogP contribution is -2.52. The molecule has 1 fully saturated rings. The molecule has 15 heavy (non-hydrogen) atoms. The molecule has 6 nitrogen and oxygen atoms in total. The first-order chi connectivity index (χ1) is 7.04. The molecule has 0 aromatic carbocycles. The summed E-state index contributed by atoms with van der Waals surface area (Å²) in [4.78, 5) is 23.0. The van der Waals surface area contributed by atoms with Crippen LogP contribution in [0.4, 0.5) is 4.79 Å². The van der Waals surface area contributed by atoms with Crippen molar-refractivity contribution >= 4 is 12.1 Å². The zero-order valence-corrected chi connectivity index (χ0v) is 8.35. The number of carboxylic acids is 1. The molecule has 0 aromatic rings. The summed E-state index contributed by atoms with van der Waals surface area (Å²) in [5.41, 5.74) is -1.32. The van der Waals surface area contributed by atoms with Gasteiger partial charge in [-0.05, 0) is 25.7 Å². The van der Waals surface area contributed by atoms with Crippen molar-refractivity contribution in [3.63, 3.8) is 0 Å². The van der Waals surface area contributed by atoms with Crippen LogP contribution in [0.15, 0.2) is 0 Å². The Balaban J connectivity index is 2.88. The third-order valence-corrected chi connectivity index (χ3v) is 2.87. The summed E-state index contributed by atoms with van der Waals surface area (Å²) in [6.45, 7) is 0.134. The lowest BCUT2D eigenvalue weighted by molar-refractivity contribution is -0.149. The van der Waals surface area contributed by atoms with E-state index in [1.54, 1.807) is 0 Å². The molecule has 0 saturated carbocycles. The van der Waals surface area contributed by atoms with Crippen LogP contribution in [-0.4, -0.2) is 51.0 Å². The predicted molar refractivity (Wildman–Crippen MR) is 50.7 cm³/mol. The minimum Gasteiger partial charge on any atom is -0.479 e. The molecule has 3 N–H and O–H groups in total. The van der Waals surface area contributed by atoms with E-state index >= 15 is 0 Å². The molecule has 1 rings (SSSR count). The maximum atomic E-state index is 11.2. The molecule has 0 aliphatic carbocycles. The first kappa shape index (κ1) is 11.8. The number of carbonyl (C=O) groups is 2. The van der Waals surface area contributed by atoms with Gasteiger partial charge in [-0.15, -0.1) is 0 Å². The Morgan fingerprint density at radius 1 is 1.33 bits per heavy atom. The number of aliphatic hydroxyl groups is 1. The quantitative estimate of drug-likeness (QED) is 0.631. The van der Waals surface area contributed by atoms with Crippen LogP contribution < -0.4 is 0 Å². The Bertz CT molecular complexity index is 267. The van der Waals surface area contributed by atoms with E-state index in [0.29, 0.717) is 19.3 Å². The van der Waals surface area contributed by atoms with Gasteiger partial charge in [0.25, 0.3) is 0 Å². The van der Waals surface area contributed by atoms with Crippen molar-refractivity contribution in [2.75, 3.05) is 13.2 Å². The maximum Gasteiger partial charge on any atom is 0.408 e. The fraction of sp³-hybridized carbons (Fsp3) is 0.778. The number of rotatable bonds is 4. The molecule has 6 heteroatoms. The Morgan fingerprint density at radius 2 is 2.00 bits per heavy atom. The molecular formula is C9H15NO5. The van der Waals surface area contributed by atoms with Gasteiger partial charge in [-0.3, -0.25) is 4.90 Å². The number of hydrogen-bond donors (Lipinski definition) is 3. The monoisotopic (exact) mass is 217 g/mol. The van der Waals surface area contributed by atoms with Gasteiger partial charge >= 0.3 is 12.1 Å². The number of aliphatic carboxylic acids is 1. The SMILES string of the molecule is O=C(O)N1CCC[C@@]1(CCCO)C(=O)O. The van der Waals surface area contributed by atoms with Gasteiger partial charge < -0.3 is 15.3 Å². The molecule has 0 unspecified atom stereocenters. The van der Waals surface area contributed by atoms with Crippen molar-refractivity contribution in [3.05, 3.63) is 0 Å². The van der Waals surface area contributed by atoms with Gasteiger partial charge in [0.15, 0.2) is 0 Å². The van der Waals surface area contributed by atoms with Crippen LogP contribution in [0.3, 0.4) is 0 Å². The van der Waals surface area contributed by atoms with Crippen LogP contribution >= 0.6 is 0 Å². The second-order valence-corrected chi connectivity index (χ2v) is 3.70. The fourth-order valence-corrected chi connectivity index (χ4v) is 2.12. The number of nitrogens with zero attached hydrogens (tertiary/aromatic N) is 1. The van der Waals surface area contributed by atoms with E-state index in [1.807, 2.05) is 0 Å². The smallest absolute Gasteiger partial charge is 0.408 e. The molecule has 0 spiro atoms. The van der Waals surface area contributed by atoms with Crippen molar-refractivity contribution in [1.82, 2.24) is 4.90 Å². The largest absolute Gasteiger partial charge is 0.479 e. The highest BCUT2D eigenvalue weighted by molar-refractivity contribution is 5.84. The molecule has 1 heterocycles. The van der Waals surface area contributed by atoms with Crippen LogP contribution in [0, 0.1) is 0 Å². The minimum atomic E-state index is -1.32. The van der Waals surface area contributed by atoms with Crippen LogP contribution in [0.1, 0.15) is 25.7 Å². The lowest BCUT2D eigenvalue weighted by Gasteiger charge is -2.32. The van der Waals surface area contributed by atoms with Gasteiger partial charge in [0.2, 0.25) is 0 Å². The highest BCUT2D eigenvalue weighted by atomic mass is 16.4. The zero-order valence-electron chi connectivity index (χ0n) is 8.35. The number of likely N-dealkylation sites (tertiary alicyclic amines) is 1. The molecule has 86 valence electrons. The summed E-state index contributed by atoms with van der Waals surface area (Å²) in [5, 5.41) is 26.7. The average molecular weight is 217 g/mol. The number of hydrogen-bond acceptors (Lipinski definition) is 3. The Kier molecular flexibility index (Phi) is 3.52.